The third kappa shape index (κ3) is 6.88. The summed E-state index contributed by atoms with van der Waals surface area (Å²) >= 11 is 1.92. The lowest BCUT2D eigenvalue weighted by Gasteiger charge is -2.51. The minimum atomic E-state index is -0.222. The molecule has 3 aliphatic heterocycles. The van der Waals surface area contributed by atoms with E-state index in [0.717, 1.165) is 6.42 Å². The van der Waals surface area contributed by atoms with Crippen molar-refractivity contribution in [3.05, 3.63) is 195 Å². The lowest BCUT2D eigenvalue weighted by atomic mass is 9.33. The van der Waals surface area contributed by atoms with Crippen molar-refractivity contribution in [2.75, 3.05) is 14.7 Å². The lowest BCUT2D eigenvalue weighted by molar-refractivity contribution is 0.195. The van der Waals surface area contributed by atoms with E-state index in [2.05, 4.69) is 258 Å². The molecular weight excluding hydrogens is 998 g/mol. The number of hydrogen-bond donors (Lipinski definition) is 0. The van der Waals surface area contributed by atoms with Gasteiger partial charge in [-0.2, -0.15) is 0 Å². The maximum atomic E-state index is 2.81. The number of fused-ring (bicyclic) bond motifs is 13. The van der Waals surface area contributed by atoms with Crippen LogP contribution in [0.1, 0.15) is 184 Å². The molecule has 0 spiro atoms. The molecule has 0 radical (unpaired) electrons. The molecule has 408 valence electrons. The molecule has 9 aromatic rings. The van der Waals surface area contributed by atoms with E-state index in [1.165, 1.54) is 170 Å². The average molecular weight is 1080 g/mol. The third-order valence-electron chi connectivity index (χ3n) is 22.2. The van der Waals surface area contributed by atoms with Gasteiger partial charge in [-0.25, -0.2) is 0 Å². The van der Waals surface area contributed by atoms with Crippen molar-refractivity contribution >= 4 is 100 Å². The van der Waals surface area contributed by atoms with Crippen LogP contribution in [-0.2, 0) is 32.5 Å². The van der Waals surface area contributed by atoms with Gasteiger partial charge in [0.15, 0.2) is 0 Å². The number of hydrogen-bond acceptors (Lipinski definition) is 4. The second-order valence-electron chi connectivity index (χ2n) is 29.7. The minimum absolute atomic E-state index is 0.00605. The Labute approximate surface area is 487 Å². The molecule has 0 saturated heterocycles. The Bertz CT molecular complexity index is 4220. The molecule has 81 heavy (non-hydrogen) atoms. The SMILES string of the molecule is Cc1cc2c3c(c1)N(c1cc4c(cc1C)C(C)(C)CCC4(C)C)c1cc4c(cc1B3c1ccc(N3c5ccc(C(C)(C)C)cc5C5(C)CCCCC35C)cc1N2c1ccc2c(c1)sc1ccccc12)C(C)(C)c1ccccc1C4(C)C. The molecule has 15 rings (SSSR count). The van der Waals surface area contributed by atoms with Crippen molar-refractivity contribution in [1.82, 2.24) is 0 Å². The molecule has 2 atom stereocenters. The van der Waals surface area contributed by atoms with E-state index in [0.29, 0.717) is 0 Å². The first-order valence-electron chi connectivity index (χ1n) is 30.5. The van der Waals surface area contributed by atoms with E-state index < -0.39 is 0 Å². The normalized spacial score (nSPS) is 22.1. The van der Waals surface area contributed by atoms with Gasteiger partial charge in [-0.1, -0.05) is 175 Å². The molecule has 6 aliphatic rings. The zero-order chi connectivity index (χ0) is 56.5. The molecule has 2 unspecified atom stereocenters. The van der Waals surface area contributed by atoms with E-state index in [1.807, 2.05) is 11.3 Å². The fraction of sp³-hybridized carbons (Fsp3) is 0.368. The quantitative estimate of drug-likeness (QED) is 0.163. The average Bonchev–Trinajstić information content (AvgIpc) is 3.01. The van der Waals surface area contributed by atoms with Crippen molar-refractivity contribution in [1.29, 1.82) is 0 Å². The number of aryl methyl sites for hydroxylation is 2. The fourth-order valence-corrected chi connectivity index (χ4v) is 18.3. The largest absolute Gasteiger partial charge is 0.334 e. The van der Waals surface area contributed by atoms with Crippen LogP contribution in [0.5, 0.6) is 0 Å². The zero-order valence-corrected chi connectivity index (χ0v) is 51.7. The topological polar surface area (TPSA) is 9.72 Å². The van der Waals surface area contributed by atoms with E-state index in [1.54, 1.807) is 0 Å². The predicted molar refractivity (Wildman–Crippen MR) is 350 cm³/mol. The van der Waals surface area contributed by atoms with Crippen molar-refractivity contribution < 1.29 is 0 Å². The maximum Gasteiger partial charge on any atom is 0.252 e. The van der Waals surface area contributed by atoms with Gasteiger partial charge >= 0.3 is 0 Å². The molecule has 0 bridgehead atoms. The molecule has 0 N–H and O–H groups in total. The van der Waals surface area contributed by atoms with Crippen molar-refractivity contribution in [3.8, 4) is 0 Å². The summed E-state index contributed by atoms with van der Waals surface area (Å²) in [6.07, 6.45) is 7.20. The highest BCUT2D eigenvalue weighted by atomic mass is 32.1. The van der Waals surface area contributed by atoms with Crippen LogP contribution in [0, 0.1) is 13.8 Å². The Morgan fingerprint density at radius 1 is 0.444 bits per heavy atom. The molecule has 8 aromatic carbocycles. The highest BCUT2D eigenvalue weighted by Gasteiger charge is 2.58. The lowest BCUT2D eigenvalue weighted by Crippen LogP contribution is -2.62. The van der Waals surface area contributed by atoms with Crippen molar-refractivity contribution in [3.63, 3.8) is 0 Å². The molecule has 1 aromatic heterocycles. The molecule has 1 saturated carbocycles. The molecule has 3 nitrogen and oxygen atoms in total. The van der Waals surface area contributed by atoms with Gasteiger partial charge in [-0.15, -0.1) is 11.3 Å². The van der Waals surface area contributed by atoms with Crippen LogP contribution in [-0.4, -0.2) is 12.3 Å². The van der Waals surface area contributed by atoms with E-state index in [9.17, 15) is 0 Å². The first-order valence-corrected chi connectivity index (χ1v) is 31.4. The van der Waals surface area contributed by atoms with Crippen molar-refractivity contribution in [2.24, 2.45) is 0 Å². The summed E-state index contributed by atoms with van der Waals surface area (Å²) < 4.78 is 2.66. The Morgan fingerprint density at radius 2 is 1.05 bits per heavy atom. The van der Waals surface area contributed by atoms with E-state index in [4.69, 9.17) is 0 Å². The third-order valence-corrected chi connectivity index (χ3v) is 23.3. The minimum Gasteiger partial charge on any atom is -0.334 e. The summed E-state index contributed by atoms with van der Waals surface area (Å²) in [5.74, 6) is 0. The van der Waals surface area contributed by atoms with Crippen LogP contribution in [0.15, 0.2) is 140 Å². The first kappa shape index (κ1) is 51.3. The summed E-state index contributed by atoms with van der Waals surface area (Å²) in [5.41, 5.74) is 28.4. The van der Waals surface area contributed by atoms with Crippen molar-refractivity contribution in [2.45, 2.75) is 180 Å². The summed E-state index contributed by atoms with van der Waals surface area (Å²) in [6, 6.07) is 56.6. The van der Waals surface area contributed by atoms with Crippen LogP contribution in [0.2, 0.25) is 0 Å². The summed E-state index contributed by atoms with van der Waals surface area (Å²) in [7, 11) is 0. The number of benzene rings is 8. The van der Waals surface area contributed by atoms with Gasteiger partial charge in [0.1, 0.15) is 0 Å². The van der Waals surface area contributed by atoms with Crippen LogP contribution in [0.3, 0.4) is 0 Å². The molecule has 1 fully saturated rings. The van der Waals surface area contributed by atoms with Crippen LogP contribution >= 0.6 is 11.3 Å². The van der Waals surface area contributed by atoms with Gasteiger partial charge in [-0.3, -0.25) is 0 Å². The number of rotatable bonds is 3. The van der Waals surface area contributed by atoms with Gasteiger partial charge in [0.05, 0.1) is 5.54 Å². The van der Waals surface area contributed by atoms with Gasteiger partial charge in [0.25, 0.3) is 6.71 Å². The Kier molecular flexibility index (Phi) is 10.5. The van der Waals surface area contributed by atoms with Crippen LogP contribution in [0.25, 0.3) is 20.2 Å². The summed E-state index contributed by atoms with van der Waals surface area (Å²) in [4.78, 5) is 8.26. The van der Waals surface area contributed by atoms with Crippen LogP contribution in [0.4, 0.5) is 45.5 Å². The predicted octanol–water partition coefficient (Wildman–Crippen LogP) is 19.1. The van der Waals surface area contributed by atoms with Gasteiger partial charge in [-0.05, 0) is 195 Å². The molecule has 5 heteroatoms. The maximum absolute atomic E-state index is 2.81. The van der Waals surface area contributed by atoms with Gasteiger partial charge in [0, 0.05) is 81.9 Å². The Hall–Kier alpha value is -6.56. The first-order chi connectivity index (χ1) is 38.3. The highest BCUT2D eigenvalue weighted by Crippen LogP contribution is 2.62. The molecule has 0 amide bonds. The molecular formula is C76H80BN3S. The van der Waals surface area contributed by atoms with E-state index >= 15 is 0 Å². The zero-order valence-electron chi connectivity index (χ0n) is 50.8. The smallest absolute Gasteiger partial charge is 0.252 e. The standard InChI is InChI=1S/C76H80BN3S/c1-45-36-65-69-66(37-45)79(62-43-55-54(38-46(62)2)71(6,7)34-35-72(55,8)9)64-44-57-56(73(10,11)52-23-17-18-24-53(52)74(57,12)13)42-60(64)77(69)59-30-28-49(40-63(59)78(65)48-27-29-51-50-22-16-19-25-67(50)81-68(51)41-48)80-61-31-26-47(70(3,4)5)39-58(61)75(14)32-20-21-33-76(75,80)15/h16-19,22-31,36-44H,20-21,32-35H2,1-15H3. The summed E-state index contributed by atoms with van der Waals surface area (Å²) in [6.45, 7) is 36.9. The van der Waals surface area contributed by atoms with Crippen LogP contribution < -0.4 is 31.1 Å². The fourth-order valence-electron chi connectivity index (χ4n) is 17.1. The monoisotopic (exact) mass is 1080 g/mol. The molecule has 3 aliphatic carbocycles. The second-order valence-corrected chi connectivity index (χ2v) is 30.8. The number of nitrogens with zero attached hydrogens (tertiary/aromatic N) is 3. The Morgan fingerprint density at radius 3 is 1.77 bits per heavy atom. The molecule has 4 heterocycles. The summed E-state index contributed by atoms with van der Waals surface area (Å²) in [5, 5.41) is 2.66. The Balaban J connectivity index is 1.04. The second kappa shape index (κ2) is 16.6. The highest BCUT2D eigenvalue weighted by molar-refractivity contribution is 7.25. The number of anilines is 8. The van der Waals surface area contributed by atoms with E-state index in [-0.39, 0.29) is 44.7 Å². The van der Waals surface area contributed by atoms with Gasteiger partial charge in [0.2, 0.25) is 0 Å². The number of thiophene rings is 1. The van der Waals surface area contributed by atoms with Gasteiger partial charge < -0.3 is 14.7 Å².